The molecule has 1 N–H and O–H groups in total. The van der Waals surface area contributed by atoms with E-state index in [1.165, 1.54) is 6.21 Å². The average Bonchev–Trinajstić information content (AvgIpc) is 2.61. The molecule has 0 aromatic heterocycles. The zero-order valence-electron chi connectivity index (χ0n) is 16.4. The summed E-state index contributed by atoms with van der Waals surface area (Å²) in [5.74, 6) is 0.208. The van der Waals surface area contributed by atoms with E-state index in [2.05, 4.69) is 10.5 Å². The number of anilines is 1. The van der Waals surface area contributed by atoms with Gasteiger partial charge in [-0.15, -0.1) is 0 Å². The molecule has 8 heteroatoms. The second-order valence-electron chi connectivity index (χ2n) is 6.63. The van der Waals surface area contributed by atoms with Gasteiger partial charge in [0.15, 0.2) is 0 Å². The van der Waals surface area contributed by atoms with E-state index >= 15 is 0 Å². The third-order valence-electron chi connectivity index (χ3n) is 3.66. The summed E-state index contributed by atoms with van der Waals surface area (Å²) in [6.07, 6.45) is 2.63. The van der Waals surface area contributed by atoms with Gasteiger partial charge in [0.25, 0.3) is 5.91 Å². The minimum absolute atomic E-state index is 0.0881. The van der Waals surface area contributed by atoms with Crippen molar-refractivity contribution in [3.63, 3.8) is 0 Å². The maximum Gasteiger partial charge on any atom is 0.260 e. The summed E-state index contributed by atoms with van der Waals surface area (Å²) in [7, 11) is -3.61. The molecular weight excluding hydrogens is 378 g/mol. The Morgan fingerprint density at radius 2 is 1.75 bits per heavy atom. The molecule has 28 heavy (non-hydrogen) atoms. The average molecular weight is 404 g/mol. The number of carbonyl (C=O) groups excluding carboxylic acids is 1. The third-order valence-corrected chi connectivity index (χ3v) is 4.80. The van der Waals surface area contributed by atoms with Gasteiger partial charge in [0.1, 0.15) is 12.3 Å². The summed E-state index contributed by atoms with van der Waals surface area (Å²) in [5, 5.41) is 3.89. The Hall–Kier alpha value is -2.87. The lowest BCUT2D eigenvalue weighted by Gasteiger charge is -2.21. The van der Waals surface area contributed by atoms with Crippen LogP contribution in [0.15, 0.2) is 53.6 Å². The summed E-state index contributed by atoms with van der Waals surface area (Å²) in [5.41, 5.74) is 4.55. The second-order valence-corrected chi connectivity index (χ2v) is 8.54. The number of nitrogens with zero attached hydrogens (tertiary/aromatic N) is 2. The van der Waals surface area contributed by atoms with Gasteiger partial charge in [-0.1, -0.05) is 17.7 Å². The lowest BCUT2D eigenvalue weighted by molar-refractivity contribution is -0.119. The smallest absolute Gasteiger partial charge is 0.260 e. The fraction of sp³-hybridized carbons (Fsp3) is 0.300. The van der Waals surface area contributed by atoms with Crippen LogP contribution in [0, 0.1) is 6.92 Å². The number of nitrogens with one attached hydrogen (secondary N) is 1. The molecule has 0 radical (unpaired) electrons. The second kappa shape index (κ2) is 9.36. The minimum Gasteiger partial charge on any atom is -0.491 e. The van der Waals surface area contributed by atoms with Gasteiger partial charge in [-0.25, -0.2) is 13.8 Å². The molecule has 2 aromatic carbocycles. The molecule has 7 nitrogen and oxygen atoms in total. The summed E-state index contributed by atoms with van der Waals surface area (Å²) >= 11 is 0. The minimum atomic E-state index is -3.61. The Kier molecular flexibility index (Phi) is 7.17. The highest BCUT2D eigenvalue weighted by Crippen LogP contribution is 2.17. The van der Waals surface area contributed by atoms with Gasteiger partial charge in [0.2, 0.25) is 10.0 Å². The monoisotopic (exact) mass is 403 g/mol. The van der Waals surface area contributed by atoms with Crippen LogP contribution in [0.2, 0.25) is 0 Å². The fourth-order valence-corrected chi connectivity index (χ4v) is 3.22. The molecule has 0 saturated heterocycles. The Bertz CT molecular complexity index is 921. The topological polar surface area (TPSA) is 88.1 Å². The van der Waals surface area contributed by atoms with Crippen LogP contribution in [0.3, 0.4) is 0 Å². The fourth-order valence-electron chi connectivity index (χ4n) is 2.36. The SMILES string of the molecule is Cc1ccc(N(CC(=O)N/N=C\c2ccc(OC(C)C)cc2)S(C)(=O)=O)cc1. The lowest BCUT2D eigenvalue weighted by atomic mass is 10.2. The molecule has 0 heterocycles. The molecule has 0 aliphatic heterocycles. The molecule has 2 aromatic rings. The van der Waals surface area contributed by atoms with Gasteiger partial charge in [0, 0.05) is 0 Å². The Morgan fingerprint density at radius 3 is 2.29 bits per heavy atom. The maximum absolute atomic E-state index is 12.2. The lowest BCUT2D eigenvalue weighted by Crippen LogP contribution is -2.39. The number of hydrazone groups is 1. The predicted octanol–water partition coefficient (Wildman–Crippen LogP) is 2.70. The number of amides is 1. The molecule has 0 atom stereocenters. The van der Waals surface area contributed by atoms with E-state index in [1.54, 1.807) is 24.3 Å². The van der Waals surface area contributed by atoms with Gasteiger partial charge >= 0.3 is 0 Å². The van der Waals surface area contributed by atoms with Crippen molar-refractivity contribution in [2.45, 2.75) is 26.9 Å². The predicted molar refractivity (Wildman–Crippen MR) is 111 cm³/mol. The quantitative estimate of drug-likeness (QED) is 0.542. The number of carbonyl (C=O) groups is 1. The third kappa shape index (κ3) is 6.70. The Labute approximate surface area is 166 Å². The van der Waals surface area contributed by atoms with Crippen molar-refractivity contribution in [1.82, 2.24) is 5.43 Å². The maximum atomic E-state index is 12.2. The van der Waals surface area contributed by atoms with E-state index < -0.39 is 15.9 Å². The zero-order valence-corrected chi connectivity index (χ0v) is 17.2. The van der Waals surface area contributed by atoms with E-state index in [9.17, 15) is 13.2 Å². The Balaban J connectivity index is 1.99. The summed E-state index contributed by atoms with van der Waals surface area (Å²) in [4.78, 5) is 12.2. The number of sulfonamides is 1. The van der Waals surface area contributed by atoms with E-state index in [0.717, 1.165) is 27.4 Å². The first-order valence-corrected chi connectivity index (χ1v) is 10.6. The van der Waals surface area contributed by atoms with Crippen LogP contribution in [-0.4, -0.2) is 39.4 Å². The summed E-state index contributed by atoms with van der Waals surface area (Å²) < 4.78 is 30.7. The van der Waals surface area contributed by atoms with Crippen molar-refractivity contribution < 1.29 is 17.9 Å². The van der Waals surface area contributed by atoms with Crippen molar-refractivity contribution >= 4 is 27.8 Å². The van der Waals surface area contributed by atoms with Gasteiger partial charge in [-0.2, -0.15) is 5.10 Å². The van der Waals surface area contributed by atoms with Gasteiger partial charge in [0.05, 0.1) is 24.3 Å². The Morgan fingerprint density at radius 1 is 1.14 bits per heavy atom. The van der Waals surface area contributed by atoms with Crippen LogP contribution in [0.5, 0.6) is 5.75 Å². The number of ether oxygens (including phenoxy) is 1. The highest BCUT2D eigenvalue weighted by molar-refractivity contribution is 7.92. The van der Waals surface area contributed by atoms with Crippen molar-refractivity contribution in [3.05, 3.63) is 59.7 Å². The van der Waals surface area contributed by atoms with Crippen molar-refractivity contribution in [2.24, 2.45) is 5.10 Å². The number of benzene rings is 2. The standard InChI is InChI=1S/C20H25N3O4S/c1-15(2)27-19-11-7-17(8-12-19)13-21-22-20(24)14-23(28(4,25)26)18-9-5-16(3)6-10-18/h5-13,15H,14H2,1-4H3,(H,22,24)/b21-13-. The number of hydrogen-bond donors (Lipinski definition) is 1. The molecule has 150 valence electrons. The first kappa shape index (κ1) is 21.4. The molecular formula is C20H25N3O4S. The molecule has 0 fully saturated rings. The van der Waals surface area contributed by atoms with Gasteiger partial charge in [-0.05, 0) is 62.7 Å². The number of aryl methyl sites for hydroxylation is 1. The van der Waals surface area contributed by atoms with E-state index in [-0.39, 0.29) is 12.6 Å². The van der Waals surface area contributed by atoms with E-state index in [1.807, 2.05) is 45.0 Å². The van der Waals surface area contributed by atoms with Crippen LogP contribution in [0.25, 0.3) is 0 Å². The molecule has 0 spiro atoms. The van der Waals surface area contributed by atoms with Crippen molar-refractivity contribution in [2.75, 3.05) is 17.1 Å². The van der Waals surface area contributed by atoms with Gasteiger partial charge in [-0.3, -0.25) is 9.10 Å². The van der Waals surface area contributed by atoms with E-state index in [4.69, 9.17) is 4.74 Å². The summed E-state index contributed by atoms with van der Waals surface area (Å²) in [6.45, 7) is 5.43. The molecule has 0 aliphatic carbocycles. The van der Waals surface area contributed by atoms with Crippen LogP contribution in [0.1, 0.15) is 25.0 Å². The normalized spacial score (nSPS) is 11.6. The molecule has 0 unspecified atom stereocenters. The molecule has 0 saturated carbocycles. The van der Waals surface area contributed by atoms with Crippen LogP contribution in [-0.2, 0) is 14.8 Å². The largest absolute Gasteiger partial charge is 0.491 e. The molecule has 1 amide bonds. The van der Waals surface area contributed by atoms with Crippen LogP contribution >= 0.6 is 0 Å². The molecule has 0 aliphatic rings. The van der Waals surface area contributed by atoms with Crippen molar-refractivity contribution in [1.29, 1.82) is 0 Å². The first-order chi connectivity index (χ1) is 13.1. The highest BCUT2D eigenvalue weighted by atomic mass is 32.2. The molecule has 0 bridgehead atoms. The zero-order chi connectivity index (χ0) is 20.7. The molecule has 2 rings (SSSR count). The van der Waals surface area contributed by atoms with Crippen LogP contribution < -0.4 is 14.5 Å². The summed E-state index contributed by atoms with van der Waals surface area (Å²) in [6, 6.07) is 14.1. The van der Waals surface area contributed by atoms with Crippen LogP contribution in [0.4, 0.5) is 5.69 Å². The first-order valence-electron chi connectivity index (χ1n) is 8.78. The number of hydrogen-bond acceptors (Lipinski definition) is 5. The van der Waals surface area contributed by atoms with Crippen molar-refractivity contribution in [3.8, 4) is 5.75 Å². The van der Waals surface area contributed by atoms with Gasteiger partial charge < -0.3 is 4.74 Å². The highest BCUT2D eigenvalue weighted by Gasteiger charge is 2.20. The van der Waals surface area contributed by atoms with E-state index in [0.29, 0.717) is 5.69 Å². The number of rotatable bonds is 8.